The van der Waals surface area contributed by atoms with Crippen LogP contribution >= 0.6 is 0 Å². The maximum absolute atomic E-state index is 12.7. The Morgan fingerprint density at radius 1 is 0.571 bits per heavy atom. The van der Waals surface area contributed by atoms with Crippen LogP contribution in [0, 0.1) is 0 Å². The van der Waals surface area contributed by atoms with E-state index in [0.717, 1.165) is 64.2 Å². The van der Waals surface area contributed by atoms with Crippen molar-refractivity contribution in [1.29, 1.82) is 0 Å². The summed E-state index contributed by atoms with van der Waals surface area (Å²) in [6.45, 7) is 4.56. The number of allylic oxidation sites excluding steroid dienone is 8. The highest BCUT2D eigenvalue weighted by atomic mass is 16.6. The number of unbranched alkanes of at least 4 members (excludes halogenated alkanes) is 19. The molecule has 0 spiro atoms. The number of carboxylic acids is 1. The first-order valence-electron chi connectivity index (χ1n) is 22.7. The molecule has 56 heavy (non-hydrogen) atoms. The highest BCUT2D eigenvalue weighted by Gasteiger charge is 2.31. The number of aliphatic carboxylic acids is 1. The average Bonchev–Trinajstić information content (AvgIpc) is 3.15. The maximum atomic E-state index is 12.7. The van der Waals surface area contributed by atoms with Gasteiger partial charge in [-0.05, 0) is 57.8 Å². The van der Waals surface area contributed by atoms with Crippen LogP contribution in [0.25, 0.3) is 0 Å². The van der Waals surface area contributed by atoms with Crippen molar-refractivity contribution in [2.24, 2.45) is 0 Å². The molecule has 324 valence electrons. The summed E-state index contributed by atoms with van der Waals surface area (Å²) in [4.78, 5) is 36.9. The van der Waals surface area contributed by atoms with Crippen LogP contribution in [-0.4, -0.2) is 80.6 Å². The van der Waals surface area contributed by atoms with Crippen LogP contribution in [0.4, 0.5) is 0 Å². The Bertz CT molecular complexity index is 1060. The smallest absolute Gasteiger partial charge is 0.362 e. The lowest BCUT2D eigenvalue weighted by Gasteiger charge is -2.31. The van der Waals surface area contributed by atoms with Gasteiger partial charge in [-0.1, -0.05) is 159 Å². The number of esters is 2. The molecule has 0 aliphatic rings. The van der Waals surface area contributed by atoms with Crippen molar-refractivity contribution in [3.8, 4) is 0 Å². The number of ether oxygens (including phenoxy) is 3. The number of rotatable bonds is 40. The summed E-state index contributed by atoms with van der Waals surface area (Å²) in [7, 11) is 5.52. The van der Waals surface area contributed by atoms with Crippen molar-refractivity contribution in [1.82, 2.24) is 0 Å². The highest BCUT2D eigenvalue weighted by molar-refractivity contribution is 5.72. The molecule has 8 nitrogen and oxygen atoms in total. The molecule has 0 heterocycles. The first-order chi connectivity index (χ1) is 27.1. The Morgan fingerprint density at radius 3 is 1.59 bits per heavy atom. The van der Waals surface area contributed by atoms with Crippen LogP contribution in [0.2, 0.25) is 0 Å². The lowest BCUT2D eigenvalue weighted by molar-refractivity contribution is -0.887. The summed E-state index contributed by atoms with van der Waals surface area (Å²) in [6, 6.07) is -0.618. The SMILES string of the molecule is CC/C=C/C/C=C/CCCCCCCCCCCCCCCCC(=O)OC(COCCC(C(=O)O)[N+](C)(C)C)COC(=O)CCCCC/C=C/C=C/CCCC. The van der Waals surface area contributed by atoms with Gasteiger partial charge in [-0.2, -0.15) is 0 Å². The van der Waals surface area contributed by atoms with E-state index in [0.29, 0.717) is 19.3 Å². The Balaban J connectivity index is 4.26. The van der Waals surface area contributed by atoms with E-state index in [2.05, 4.69) is 62.5 Å². The molecule has 0 aromatic rings. The first kappa shape index (κ1) is 53.3. The number of carbonyl (C=O) groups is 3. The molecule has 0 aromatic carbocycles. The predicted molar refractivity (Wildman–Crippen MR) is 234 cm³/mol. The molecular weight excluding hydrogens is 703 g/mol. The number of hydrogen-bond donors (Lipinski definition) is 1. The normalized spacial score (nSPS) is 13.4. The number of nitrogens with zero attached hydrogens (tertiary/aromatic N) is 1. The maximum Gasteiger partial charge on any atom is 0.362 e. The summed E-state index contributed by atoms with van der Waals surface area (Å²) >= 11 is 0. The molecule has 0 radical (unpaired) electrons. The van der Waals surface area contributed by atoms with Crippen molar-refractivity contribution in [2.45, 2.75) is 199 Å². The monoisotopic (exact) mass is 789 g/mol. The number of hydrogen-bond acceptors (Lipinski definition) is 6. The number of likely N-dealkylation sites (N-methyl/N-ethyl adjacent to an activating group) is 1. The summed E-state index contributed by atoms with van der Waals surface area (Å²) in [5.41, 5.74) is 0. The van der Waals surface area contributed by atoms with E-state index in [1.165, 1.54) is 89.9 Å². The summed E-state index contributed by atoms with van der Waals surface area (Å²) in [5, 5.41) is 9.61. The third kappa shape index (κ3) is 36.9. The Labute approximate surface area is 344 Å². The van der Waals surface area contributed by atoms with Crippen molar-refractivity contribution < 1.29 is 38.2 Å². The van der Waals surface area contributed by atoms with Gasteiger partial charge in [-0.25, -0.2) is 4.79 Å². The van der Waals surface area contributed by atoms with Crippen molar-refractivity contribution >= 4 is 17.9 Å². The third-order valence-corrected chi connectivity index (χ3v) is 9.99. The zero-order valence-corrected chi connectivity index (χ0v) is 36.8. The van der Waals surface area contributed by atoms with Gasteiger partial charge in [-0.3, -0.25) is 9.59 Å². The molecule has 1 N–H and O–H groups in total. The summed E-state index contributed by atoms with van der Waals surface area (Å²) in [6.07, 6.45) is 45.9. The largest absolute Gasteiger partial charge is 0.477 e. The van der Waals surface area contributed by atoms with Crippen molar-refractivity contribution in [3.05, 3.63) is 48.6 Å². The topological polar surface area (TPSA) is 99.1 Å². The Morgan fingerprint density at radius 2 is 1.05 bits per heavy atom. The quantitative estimate of drug-likeness (QED) is 0.0217. The van der Waals surface area contributed by atoms with Crippen LogP contribution < -0.4 is 0 Å². The van der Waals surface area contributed by atoms with Gasteiger partial charge in [0, 0.05) is 19.3 Å². The fraction of sp³-hybridized carbons (Fsp3) is 0.771. The van der Waals surface area contributed by atoms with Gasteiger partial charge in [0.25, 0.3) is 0 Å². The van der Waals surface area contributed by atoms with Gasteiger partial charge >= 0.3 is 17.9 Å². The van der Waals surface area contributed by atoms with Gasteiger partial charge in [-0.15, -0.1) is 0 Å². The molecule has 0 amide bonds. The van der Waals surface area contributed by atoms with E-state index >= 15 is 0 Å². The number of carboxylic acid groups (broad SMARTS) is 1. The Kier molecular flexibility index (Phi) is 37.2. The lowest BCUT2D eigenvalue weighted by atomic mass is 10.0. The average molecular weight is 789 g/mol. The van der Waals surface area contributed by atoms with E-state index < -0.39 is 18.1 Å². The Hall–Kier alpha value is -2.71. The summed E-state index contributed by atoms with van der Waals surface area (Å²) < 4.78 is 17.2. The zero-order chi connectivity index (χ0) is 41.4. The summed E-state index contributed by atoms with van der Waals surface area (Å²) in [5.74, 6) is -1.50. The van der Waals surface area contributed by atoms with Crippen LogP contribution in [0.3, 0.4) is 0 Å². The zero-order valence-electron chi connectivity index (χ0n) is 36.8. The first-order valence-corrected chi connectivity index (χ1v) is 22.7. The van der Waals surface area contributed by atoms with Crippen molar-refractivity contribution in [2.75, 3.05) is 41.0 Å². The van der Waals surface area contributed by atoms with E-state index in [1.807, 2.05) is 21.1 Å². The second-order valence-electron chi connectivity index (χ2n) is 16.3. The van der Waals surface area contributed by atoms with Crippen LogP contribution in [0.15, 0.2) is 48.6 Å². The molecule has 2 unspecified atom stereocenters. The highest BCUT2D eigenvalue weighted by Crippen LogP contribution is 2.15. The van der Waals surface area contributed by atoms with E-state index in [4.69, 9.17) is 14.2 Å². The molecule has 0 fully saturated rings. The molecule has 0 aliphatic heterocycles. The second kappa shape index (κ2) is 39.1. The van der Waals surface area contributed by atoms with Crippen LogP contribution in [0.1, 0.15) is 187 Å². The predicted octanol–water partition coefficient (Wildman–Crippen LogP) is 12.4. The van der Waals surface area contributed by atoms with E-state index in [-0.39, 0.29) is 36.2 Å². The molecule has 8 heteroatoms. The van der Waals surface area contributed by atoms with Gasteiger partial charge in [0.1, 0.15) is 6.61 Å². The van der Waals surface area contributed by atoms with Gasteiger partial charge in [0.15, 0.2) is 12.1 Å². The molecule has 0 saturated carbocycles. The fourth-order valence-corrected chi connectivity index (χ4v) is 6.46. The lowest BCUT2D eigenvalue weighted by Crippen LogP contribution is -2.50. The number of carbonyl (C=O) groups excluding carboxylic acids is 2. The third-order valence-electron chi connectivity index (χ3n) is 9.99. The van der Waals surface area contributed by atoms with Gasteiger partial charge < -0.3 is 23.8 Å². The second-order valence-corrected chi connectivity index (χ2v) is 16.3. The molecule has 0 aromatic heterocycles. The minimum absolute atomic E-state index is 0.0527. The molecular formula is C48H86NO7+. The number of quaternary nitrogens is 1. The molecule has 0 rings (SSSR count). The molecule has 2 atom stereocenters. The van der Waals surface area contributed by atoms with E-state index in [1.54, 1.807) is 0 Å². The van der Waals surface area contributed by atoms with Crippen LogP contribution in [-0.2, 0) is 28.6 Å². The van der Waals surface area contributed by atoms with Gasteiger partial charge in [0.2, 0.25) is 0 Å². The molecule has 0 bridgehead atoms. The minimum atomic E-state index is -0.879. The van der Waals surface area contributed by atoms with E-state index in [9.17, 15) is 19.5 Å². The van der Waals surface area contributed by atoms with Crippen LogP contribution in [0.5, 0.6) is 0 Å². The fourth-order valence-electron chi connectivity index (χ4n) is 6.46. The van der Waals surface area contributed by atoms with Gasteiger partial charge in [0.05, 0.1) is 34.4 Å². The standard InChI is InChI=1S/C48H85NO7/c1-6-8-10-12-14-16-18-19-20-21-22-23-24-25-26-27-29-31-33-35-37-39-47(51)56-44(42-54-41-40-45(48(52)53)49(3,4)5)43-55-46(50)38-36-34-32-30-28-17-15-13-11-9-7-2/h8,10,13-17,28,44-45H,6-7,9,11-12,18-27,29-43H2,1-5H3/p+1/b10-8+,15-13+,16-14+,28-17+. The molecule has 0 aliphatic carbocycles. The minimum Gasteiger partial charge on any atom is -0.477 e. The molecule has 0 saturated heterocycles. The van der Waals surface area contributed by atoms with Crippen molar-refractivity contribution in [3.63, 3.8) is 0 Å².